The van der Waals surface area contributed by atoms with Crippen molar-refractivity contribution in [2.24, 2.45) is 5.41 Å². The molecule has 1 aromatic rings. The van der Waals surface area contributed by atoms with Crippen LogP contribution in [0, 0.1) is 11.2 Å². The number of carbonyl (C=O) groups excluding carboxylic acids is 2. The first-order chi connectivity index (χ1) is 13.6. The molecule has 3 amide bonds. The van der Waals surface area contributed by atoms with Crippen LogP contribution in [-0.4, -0.2) is 53.5 Å². The molecule has 1 unspecified atom stereocenters. The van der Waals surface area contributed by atoms with E-state index < -0.39 is 0 Å². The number of nitrogens with one attached hydrogen (secondary N) is 1. The van der Waals surface area contributed by atoms with E-state index >= 15 is 0 Å². The van der Waals surface area contributed by atoms with Crippen molar-refractivity contribution in [1.82, 2.24) is 15.1 Å². The summed E-state index contributed by atoms with van der Waals surface area (Å²) < 4.78 is 13.3. The van der Waals surface area contributed by atoms with Crippen LogP contribution in [-0.2, 0) is 4.79 Å². The van der Waals surface area contributed by atoms with Gasteiger partial charge < -0.3 is 15.1 Å². The summed E-state index contributed by atoms with van der Waals surface area (Å²) in [6.07, 6.45) is 6.64. The van der Waals surface area contributed by atoms with E-state index in [2.05, 4.69) is 10.2 Å². The summed E-state index contributed by atoms with van der Waals surface area (Å²) in [6, 6.07) is 7.51. The highest BCUT2D eigenvalue weighted by Crippen LogP contribution is 2.44. The molecule has 28 heavy (non-hydrogen) atoms. The summed E-state index contributed by atoms with van der Waals surface area (Å²) >= 11 is 0. The van der Waals surface area contributed by atoms with Gasteiger partial charge in [-0.15, -0.1) is 0 Å². The summed E-state index contributed by atoms with van der Waals surface area (Å²) in [4.78, 5) is 29.8. The van der Waals surface area contributed by atoms with Gasteiger partial charge in [-0.25, -0.2) is 9.18 Å². The first-order valence-corrected chi connectivity index (χ1v) is 10.7. The van der Waals surface area contributed by atoms with Gasteiger partial charge in [0, 0.05) is 31.7 Å². The van der Waals surface area contributed by atoms with Crippen molar-refractivity contribution in [3.05, 3.63) is 35.6 Å². The third-order valence-electron chi connectivity index (χ3n) is 7.51. The quantitative estimate of drug-likeness (QED) is 0.807. The Hall–Kier alpha value is -2.11. The number of amides is 3. The second-order valence-electron chi connectivity index (χ2n) is 9.11. The average Bonchev–Trinajstić information content (AvgIpc) is 3.17. The molecule has 150 valence electrons. The lowest BCUT2D eigenvalue weighted by Gasteiger charge is -2.45. The molecule has 4 aliphatic heterocycles. The molecule has 0 radical (unpaired) electrons. The molecule has 4 saturated heterocycles. The first kappa shape index (κ1) is 18.0. The van der Waals surface area contributed by atoms with Crippen molar-refractivity contribution in [1.29, 1.82) is 0 Å². The number of hydrogen-bond donors (Lipinski definition) is 1. The maximum absolute atomic E-state index is 13.4. The lowest BCUT2D eigenvalue weighted by atomic mass is 9.78. The fourth-order valence-corrected chi connectivity index (χ4v) is 6.06. The number of halogens is 1. The molecule has 1 N–H and O–H groups in total. The predicted octanol–water partition coefficient (Wildman–Crippen LogP) is 3.26. The summed E-state index contributed by atoms with van der Waals surface area (Å²) in [5, 5.41) is 2.96. The molecule has 5 nitrogen and oxygen atoms in total. The highest BCUT2D eigenvalue weighted by molar-refractivity contribution is 5.86. The van der Waals surface area contributed by atoms with Gasteiger partial charge in [0.1, 0.15) is 5.82 Å². The van der Waals surface area contributed by atoms with Crippen LogP contribution in [0.4, 0.5) is 9.18 Å². The second kappa shape index (κ2) is 6.75. The lowest BCUT2D eigenvalue weighted by molar-refractivity contribution is -0.129. The van der Waals surface area contributed by atoms with Crippen molar-refractivity contribution in [2.45, 2.75) is 62.9 Å². The zero-order valence-electron chi connectivity index (χ0n) is 16.2. The van der Waals surface area contributed by atoms with E-state index in [9.17, 15) is 14.0 Å². The Morgan fingerprint density at radius 1 is 1.11 bits per heavy atom. The smallest absolute Gasteiger partial charge is 0.320 e. The average molecular weight is 385 g/mol. The number of hydrogen-bond acceptors (Lipinski definition) is 2. The maximum atomic E-state index is 13.4. The number of carbonyl (C=O) groups is 2. The summed E-state index contributed by atoms with van der Waals surface area (Å²) in [6.45, 7) is 2.05. The number of rotatable bonds is 1. The van der Waals surface area contributed by atoms with E-state index in [4.69, 9.17) is 0 Å². The van der Waals surface area contributed by atoms with Crippen LogP contribution in [0.5, 0.6) is 0 Å². The molecule has 4 fully saturated rings. The standard InChI is InChI=1S/C22H28FN3O2/c23-17-4-2-15(3-5-17)16-12-18-6-7-19(13-16)26(18)21(28)25-11-1-8-22(14-25)9-10-24-20(22)27/h2-5,16,18-19H,1,6-14H2,(H,24,27)/t16-,18+,19-,22?. The Morgan fingerprint density at radius 2 is 1.82 bits per heavy atom. The number of likely N-dealkylation sites (tertiary alicyclic amines) is 1. The van der Waals surface area contributed by atoms with Crippen LogP contribution in [0.3, 0.4) is 0 Å². The summed E-state index contributed by atoms with van der Waals surface area (Å²) in [5.74, 6) is 0.327. The molecule has 4 heterocycles. The third-order valence-corrected chi connectivity index (χ3v) is 7.51. The van der Waals surface area contributed by atoms with E-state index in [1.807, 2.05) is 17.0 Å². The zero-order chi connectivity index (χ0) is 19.3. The molecule has 1 aromatic carbocycles. The fraction of sp³-hybridized carbons (Fsp3) is 0.636. The van der Waals surface area contributed by atoms with Gasteiger partial charge in [0.15, 0.2) is 0 Å². The number of nitrogens with zero attached hydrogens (tertiary/aromatic N) is 2. The minimum Gasteiger partial charge on any atom is -0.356 e. The lowest BCUT2D eigenvalue weighted by Crippen LogP contribution is -2.56. The molecule has 0 saturated carbocycles. The van der Waals surface area contributed by atoms with E-state index in [-0.39, 0.29) is 35.3 Å². The van der Waals surface area contributed by atoms with Crippen LogP contribution >= 0.6 is 0 Å². The molecular formula is C22H28FN3O2. The first-order valence-electron chi connectivity index (χ1n) is 10.7. The van der Waals surface area contributed by atoms with Crippen LogP contribution < -0.4 is 5.32 Å². The molecule has 4 aliphatic rings. The molecule has 0 aromatic heterocycles. The molecule has 4 atom stereocenters. The van der Waals surface area contributed by atoms with Crippen molar-refractivity contribution in [3.63, 3.8) is 0 Å². The van der Waals surface area contributed by atoms with E-state index in [0.29, 0.717) is 12.5 Å². The van der Waals surface area contributed by atoms with Gasteiger partial charge in [-0.2, -0.15) is 0 Å². The second-order valence-corrected chi connectivity index (χ2v) is 9.11. The molecular weight excluding hydrogens is 357 g/mol. The molecule has 0 aliphatic carbocycles. The van der Waals surface area contributed by atoms with E-state index in [0.717, 1.165) is 58.0 Å². The van der Waals surface area contributed by atoms with Crippen molar-refractivity contribution < 1.29 is 14.0 Å². The van der Waals surface area contributed by atoms with Gasteiger partial charge in [0.05, 0.1) is 5.41 Å². The van der Waals surface area contributed by atoms with Gasteiger partial charge in [-0.1, -0.05) is 12.1 Å². The molecule has 1 spiro atoms. The van der Waals surface area contributed by atoms with Crippen LogP contribution in [0.25, 0.3) is 0 Å². The Morgan fingerprint density at radius 3 is 2.46 bits per heavy atom. The Kier molecular flexibility index (Phi) is 4.33. The Bertz CT molecular complexity index is 768. The van der Waals surface area contributed by atoms with Gasteiger partial charge in [0.25, 0.3) is 0 Å². The number of urea groups is 1. The minimum absolute atomic E-state index is 0.128. The summed E-state index contributed by atoms with van der Waals surface area (Å²) in [5.41, 5.74) is 0.823. The van der Waals surface area contributed by atoms with Crippen molar-refractivity contribution >= 4 is 11.9 Å². The topological polar surface area (TPSA) is 52.7 Å². The highest BCUT2D eigenvalue weighted by Gasteiger charge is 2.49. The highest BCUT2D eigenvalue weighted by atomic mass is 19.1. The number of fused-ring (bicyclic) bond motifs is 2. The largest absolute Gasteiger partial charge is 0.356 e. The number of piperidine rings is 2. The van der Waals surface area contributed by atoms with Gasteiger partial charge in [-0.3, -0.25) is 4.79 Å². The maximum Gasteiger partial charge on any atom is 0.320 e. The number of benzene rings is 1. The van der Waals surface area contributed by atoms with Gasteiger partial charge >= 0.3 is 6.03 Å². The summed E-state index contributed by atoms with van der Waals surface area (Å²) in [7, 11) is 0. The monoisotopic (exact) mass is 385 g/mol. The van der Waals surface area contributed by atoms with Crippen LogP contribution in [0.1, 0.15) is 56.4 Å². The molecule has 5 rings (SSSR count). The minimum atomic E-state index is -0.362. The van der Waals surface area contributed by atoms with E-state index in [1.165, 1.54) is 17.7 Å². The van der Waals surface area contributed by atoms with Crippen molar-refractivity contribution in [2.75, 3.05) is 19.6 Å². The fourth-order valence-electron chi connectivity index (χ4n) is 6.06. The Balaban J connectivity index is 1.30. The van der Waals surface area contributed by atoms with Gasteiger partial charge in [-0.05, 0) is 68.6 Å². The predicted molar refractivity (Wildman–Crippen MR) is 103 cm³/mol. The Labute approximate surface area is 165 Å². The van der Waals surface area contributed by atoms with Crippen LogP contribution in [0.2, 0.25) is 0 Å². The third kappa shape index (κ3) is 2.88. The van der Waals surface area contributed by atoms with Gasteiger partial charge in [0.2, 0.25) is 5.91 Å². The SMILES string of the molecule is O=C(N1CCCC2(CCNC2=O)C1)N1[C@@H]2CC[C@H]1C[C@@H](c1ccc(F)cc1)C2. The molecule has 2 bridgehead atoms. The van der Waals surface area contributed by atoms with Crippen LogP contribution in [0.15, 0.2) is 24.3 Å². The van der Waals surface area contributed by atoms with E-state index in [1.54, 1.807) is 0 Å². The van der Waals surface area contributed by atoms with Crippen molar-refractivity contribution in [3.8, 4) is 0 Å². The molecule has 6 heteroatoms. The zero-order valence-corrected chi connectivity index (χ0v) is 16.2. The normalized spacial score (nSPS) is 34.8.